The van der Waals surface area contributed by atoms with Gasteiger partial charge in [0.15, 0.2) is 5.84 Å². The number of nitrogens with one attached hydrogen (secondary N) is 1. The molecule has 6 aromatic rings. The van der Waals surface area contributed by atoms with Gasteiger partial charge in [-0.1, -0.05) is 140 Å². The van der Waals surface area contributed by atoms with Gasteiger partial charge in [0.05, 0.1) is 11.6 Å². The minimum Gasteiger partial charge on any atom is -0.344 e. The minimum atomic E-state index is -0.334. The van der Waals surface area contributed by atoms with Crippen molar-refractivity contribution in [3.63, 3.8) is 0 Å². The zero-order valence-electron chi connectivity index (χ0n) is 22.8. The van der Waals surface area contributed by atoms with Crippen molar-refractivity contribution in [2.24, 2.45) is 9.98 Å². The van der Waals surface area contributed by atoms with Crippen molar-refractivity contribution in [3.8, 4) is 28.3 Å². The summed E-state index contributed by atoms with van der Waals surface area (Å²) in [5.41, 5.74) is 7.93. The van der Waals surface area contributed by atoms with E-state index in [2.05, 4.69) is 84.2 Å². The lowest BCUT2D eigenvalue weighted by Gasteiger charge is -2.25. The fourth-order valence-electron chi connectivity index (χ4n) is 5.57. The summed E-state index contributed by atoms with van der Waals surface area (Å²) in [6, 6.07) is 51.6. The van der Waals surface area contributed by atoms with Crippen LogP contribution in [-0.2, 0) is 0 Å². The number of nitriles is 1. The van der Waals surface area contributed by atoms with Gasteiger partial charge in [0.1, 0.15) is 12.0 Å². The van der Waals surface area contributed by atoms with E-state index in [0.717, 1.165) is 55.6 Å². The average Bonchev–Trinajstić information content (AvgIpc) is 3.08. The van der Waals surface area contributed by atoms with Crippen LogP contribution in [0.5, 0.6) is 0 Å². The van der Waals surface area contributed by atoms with Crippen LogP contribution >= 0.6 is 0 Å². The smallest absolute Gasteiger partial charge is 0.159 e. The van der Waals surface area contributed by atoms with Gasteiger partial charge in [-0.25, -0.2) is 9.98 Å². The second-order valence-corrected chi connectivity index (χ2v) is 10.2. The summed E-state index contributed by atoms with van der Waals surface area (Å²) in [6.45, 7) is 0. The number of amidine groups is 2. The van der Waals surface area contributed by atoms with Gasteiger partial charge in [-0.05, 0) is 39.1 Å². The van der Waals surface area contributed by atoms with Gasteiger partial charge in [0.2, 0.25) is 0 Å². The third kappa shape index (κ3) is 4.74. The van der Waals surface area contributed by atoms with Crippen molar-refractivity contribution >= 4 is 22.4 Å². The molecular weight excluding hydrogens is 512 g/mol. The highest BCUT2D eigenvalue weighted by Crippen LogP contribution is 2.36. The van der Waals surface area contributed by atoms with Crippen LogP contribution < -0.4 is 5.32 Å². The molecule has 1 atom stereocenters. The van der Waals surface area contributed by atoms with E-state index in [1.807, 2.05) is 72.8 Å². The second-order valence-electron chi connectivity index (χ2n) is 10.2. The Morgan fingerprint density at radius 3 is 1.86 bits per heavy atom. The molecule has 0 amide bonds. The highest BCUT2D eigenvalue weighted by molar-refractivity contribution is 6.13. The Bertz CT molecular complexity index is 2000. The Labute approximate surface area is 245 Å². The topological polar surface area (TPSA) is 60.5 Å². The van der Waals surface area contributed by atoms with Crippen molar-refractivity contribution in [1.82, 2.24) is 5.32 Å². The quantitative estimate of drug-likeness (QED) is 0.239. The molecule has 1 heterocycles. The summed E-state index contributed by atoms with van der Waals surface area (Å²) < 4.78 is 0. The number of benzene rings is 6. The van der Waals surface area contributed by atoms with E-state index in [-0.39, 0.29) is 6.17 Å². The highest BCUT2D eigenvalue weighted by Gasteiger charge is 2.23. The summed E-state index contributed by atoms with van der Waals surface area (Å²) in [5, 5.41) is 15.5. The van der Waals surface area contributed by atoms with Gasteiger partial charge >= 0.3 is 0 Å². The third-order valence-electron chi connectivity index (χ3n) is 7.61. The molecule has 0 bridgehead atoms. The molecule has 0 aliphatic carbocycles. The molecule has 1 aliphatic heterocycles. The fourth-order valence-corrected chi connectivity index (χ4v) is 5.57. The molecule has 0 saturated heterocycles. The van der Waals surface area contributed by atoms with Crippen molar-refractivity contribution in [1.29, 1.82) is 5.26 Å². The average molecular weight is 539 g/mol. The standard InChI is InChI=1S/C38H26N4/c39-25-31-15-7-8-18-32(31)26-21-23-27(24-22-26)33-19-9-16-28-17-10-20-34(35(28)33)38-41-36(29-11-3-1-4-12-29)40-37(42-38)30-13-5-2-6-14-30/h1-24,38H,(H,40,41,42). The van der Waals surface area contributed by atoms with Crippen molar-refractivity contribution in [3.05, 3.63) is 168 Å². The predicted octanol–water partition coefficient (Wildman–Crippen LogP) is 8.54. The van der Waals surface area contributed by atoms with Crippen LogP contribution in [0.2, 0.25) is 0 Å². The number of nitrogens with zero attached hydrogens (tertiary/aromatic N) is 3. The first-order chi connectivity index (χ1) is 20.8. The highest BCUT2D eigenvalue weighted by atomic mass is 15.2. The van der Waals surface area contributed by atoms with E-state index in [1.165, 1.54) is 0 Å². The van der Waals surface area contributed by atoms with E-state index in [1.54, 1.807) is 0 Å². The molecule has 4 nitrogen and oxygen atoms in total. The van der Waals surface area contributed by atoms with E-state index in [0.29, 0.717) is 11.4 Å². The number of hydrogen-bond donors (Lipinski definition) is 1. The van der Waals surface area contributed by atoms with Crippen molar-refractivity contribution in [2.45, 2.75) is 6.17 Å². The molecule has 198 valence electrons. The van der Waals surface area contributed by atoms with Gasteiger partial charge < -0.3 is 5.32 Å². The summed E-state index contributed by atoms with van der Waals surface area (Å²) in [4.78, 5) is 10.1. The van der Waals surface area contributed by atoms with Crippen LogP contribution in [0.15, 0.2) is 156 Å². The summed E-state index contributed by atoms with van der Waals surface area (Å²) in [7, 11) is 0. The van der Waals surface area contributed by atoms with Crippen LogP contribution in [0.3, 0.4) is 0 Å². The molecule has 0 spiro atoms. The Balaban J connectivity index is 1.35. The number of aliphatic imine (C=N–C) groups is 2. The number of hydrogen-bond acceptors (Lipinski definition) is 4. The van der Waals surface area contributed by atoms with Crippen LogP contribution in [0.4, 0.5) is 0 Å². The fraction of sp³-hybridized carbons (Fsp3) is 0.0263. The van der Waals surface area contributed by atoms with Gasteiger partial charge in [-0.15, -0.1) is 0 Å². The molecular formula is C38H26N4. The van der Waals surface area contributed by atoms with Crippen LogP contribution in [0, 0.1) is 11.3 Å². The SMILES string of the molecule is N#Cc1ccccc1-c1ccc(-c2cccc3cccc(C4N=C(c5ccccc5)N=C(c5ccccc5)N4)c23)cc1. The largest absolute Gasteiger partial charge is 0.344 e. The molecule has 4 heteroatoms. The van der Waals surface area contributed by atoms with Crippen molar-refractivity contribution in [2.75, 3.05) is 0 Å². The van der Waals surface area contributed by atoms with Crippen LogP contribution in [0.25, 0.3) is 33.0 Å². The first kappa shape index (κ1) is 25.2. The Hall–Kier alpha value is -5.79. The zero-order valence-corrected chi connectivity index (χ0v) is 22.8. The maximum absolute atomic E-state index is 9.59. The maximum Gasteiger partial charge on any atom is 0.159 e. The lowest BCUT2D eigenvalue weighted by atomic mass is 9.92. The predicted molar refractivity (Wildman–Crippen MR) is 171 cm³/mol. The maximum atomic E-state index is 9.59. The van der Waals surface area contributed by atoms with Crippen LogP contribution in [-0.4, -0.2) is 11.7 Å². The lowest BCUT2D eigenvalue weighted by Crippen LogP contribution is -2.33. The summed E-state index contributed by atoms with van der Waals surface area (Å²) in [5.74, 6) is 1.50. The van der Waals surface area contributed by atoms with Gasteiger partial charge in [0.25, 0.3) is 0 Å². The Morgan fingerprint density at radius 2 is 1.14 bits per heavy atom. The molecule has 0 aromatic heterocycles. The third-order valence-corrected chi connectivity index (χ3v) is 7.61. The molecule has 6 aromatic carbocycles. The molecule has 0 fully saturated rings. The summed E-state index contributed by atoms with van der Waals surface area (Å²) in [6.07, 6.45) is -0.334. The van der Waals surface area contributed by atoms with Crippen molar-refractivity contribution < 1.29 is 0 Å². The number of fused-ring (bicyclic) bond motifs is 1. The van der Waals surface area contributed by atoms with Gasteiger partial charge in [0, 0.05) is 16.7 Å². The van der Waals surface area contributed by atoms with E-state index < -0.39 is 0 Å². The van der Waals surface area contributed by atoms with E-state index in [4.69, 9.17) is 9.98 Å². The first-order valence-electron chi connectivity index (χ1n) is 13.9. The zero-order chi connectivity index (χ0) is 28.3. The van der Waals surface area contributed by atoms with E-state index in [9.17, 15) is 5.26 Å². The molecule has 0 radical (unpaired) electrons. The van der Waals surface area contributed by atoms with Crippen LogP contribution in [0.1, 0.15) is 28.4 Å². The molecule has 1 N–H and O–H groups in total. The minimum absolute atomic E-state index is 0.334. The van der Waals surface area contributed by atoms with Gasteiger partial charge in [-0.3, -0.25) is 0 Å². The molecule has 0 saturated carbocycles. The Kier molecular flexibility index (Phi) is 6.60. The molecule has 7 rings (SSSR count). The summed E-state index contributed by atoms with van der Waals surface area (Å²) >= 11 is 0. The Morgan fingerprint density at radius 1 is 0.548 bits per heavy atom. The number of rotatable bonds is 5. The van der Waals surface area contributed by atoms with Gasteiger partial charge in [-0.2, -0.15) is 5.26 Å². The van der Waals surface area contributed by atoms with E-state index >= 15 is 0 Å². The second kappa shape index (κ2) is 11.0. The normalized spacial score (nSPS) is 14.4. The lowest BCUT2D eigenvalue weighted by molar-refractivity contribution is 0.680. The molecule has 42 heavy (non-hydrogen) atoms. The monoisotopic (exact) mass is 538 g/mol. The molecule has 1 unspecified atom stereocenters. The molecule has 1 aliphatic rings. The first-order valence-corrected chi connectivity index (χ1v) is 13.9.